The fourth-order valence-electron chi connectivity index (χ4n) is 2.07. The van der Waals surface area contributed by atoms with Crippen molar-refractivity contribution in [2.24, 2.45) is 0 Å². The van der Waals surface area contributed by atoms with E-state index in [0.29, 0.717) is 6.04 Å². The molecule has 0 bridgehead atoms. The van der Waals surface area contributed by atoms with Gasteiger partial charge in [0.15, 0.2) is 0 Å². The van der Waals surface area contributed by atoms with Crippen LogP contribution in [0.2, 0.25) is 10.0 Å². The SMILES string of the molecule is Clc1ccc(Cl)c(CCC2CCCN2)c1. The Bertz CT molecular complexity index is 332. The van der Waals surface area contributed by atoms with Crippen LogP contribution in [0.1, 0.15) is 24.8 Å². The van der Waals surface area contributed by atoms with Gasteiger partial charge in [0.1, 0.15) is 0 Å². The van der Waals surface area contributed by atoms with Crippen LogP contribution in [-0.2, 0) is 6.42 Å². The highest BCUT2D eigenvalue weighted by atomic mass is 35.5. The van der Waals surface area contributed by atoms with Crippen LogP contribution in [0.15, 0.2) is 18.2 Å². The molecule has 2 rings (SSSR count). The maximum absolute atomic E-state index is 6.10. The highest BCUT2D eigenvalue weighted by Gasteiger charge is 2.14. The van der Waals surface area contributed by atoms with Gasteiger partial charge in [-0.2, -0.15) is 0 Å². The molecule has 1 atom stereocenters. The zero-order valence-electron chi connectivity index (χ0n) is 8.60. The third-order valence-electron chi connectivity index (χ3n) is 2.93. The Morgan fingerprint density at radius 3 is 2.93 bits per heavy atom. The Balaban J connectivity index is 1.94. The molecule has 0 radical (unpaired) electrons. The van der Waals surface area contributed by atoms with Gasteiger partial charge in [-0.3, -0.25) is 0 Å². The number of benzene rings is 1. The van der Waals surface area contributed by atoms with Gasteiger partial charge in [0.2, 0.25) is 0 Å². The molecule has 1 aliphatic rings. The summed E-state index contributed by atoms with van der Waals surface area (Å²) >= 11 is 12.0. The number of hydrogen-bond acceptors (Lipinski definition) is 1. The smallest absolute Gasteiger partial charge is 0.0439 e. The molecule has 1 nitrogen and oxygen atoms in total. The van der Waals surface area contributed by atoms with Crippen LogP contribution in [0, 0.1) is 0 Å². The molecule has 3 heteroatoms. The van der Waals surface area contributed by atoms with E-state index < -0.39 is 0 Å². The maximum Gasteiger partial charge on any atom is 0.0439 e. The van der Waals surface area contributed by atoms with E-state index in [4.69, 9.17) is 23.2 Å². The summed E-state index contributed by atoms with van der Waals surface area (Å²) in [6, 6.07) is 6.35. The molecule has 1 aromatic carbocycles. The van der Waals surface area contributed by atoms with E-state index in [1.807, 2.05) is 18.2 Å². The number of hydrogen-bond donors (Lipinski definition) is 1. The summed E-state index contributed by atoms with van der Waals surface area (Å²) < 4.78 is 0. The average Bonchev–Trinajstić information content (AvgIpc) is 2.72. The van der Waals surface area contributed by atoms with Crippen molar-refractivity contribution in [3.05, 3.63) is 33.8 Å². The molecule has 1 unspecified atom stereocenters. The Labute approximate surface area is 101 Å². The van der Waals surface area contributed by atoms with E-state index in [2.05, 4.69) is 5.32 Å². The van der Waals surface area contributed by atoms with E-state index in [9.17, 15) is 0 Å². The minimum absolute atomic E-state index is 0.667. The van der Waals surface area contributed by atoms with Crippen LogP contribution < -0.4 is 5.32 Å². The van der Waals surface area contributed by atoms with Crippen molar-refractivity contribution < 1.29 is 0 Å². The molecule has 1 aromatic rings. The van der Waals surface area contributed by atoms with Gasteiger partial charge in [0.25, 0.3) is 0 Å². The lowest BCUT2D eigenvalue weighted by Gasteiger charge is -2.10. The second kappa shape index (κ2) is 5.20. The van der Waals surface area contributed by atoms with Crippen LogP contribution >= 0.6 is 23.2 Å². The molecule has 1 N–H and O–H groups in total. The minimum Gasteiger partial charge on any atom is -0.314 e. The summed E-state index contributed by atoms with van der Waals surface area (Å²) in [5.41, 5.74) is 1.16. The summed E-state index contributed by atoms with van der Waals surface area (Å²) in [4.78, 5) is 0. The lowest BCUT2D eigenvalue weighted by molar-refractivity contribution is 0.559. The second-order valence-corrected chi connectivity index (χ2v) is 4.91. The van der Waals surface area contributed by atoms with Gasteiger partial charge in [-0.15, -0.1) is 0 Å². The topological polar surface area (TPSA) is 12.0 Å². The van der Waals surface area contributed by atoms with E-state index >= 15 is 0 Å². The lowest BCUT2D eigenvalue weighted by Crippen LogP contribution is -2.21. The van der Waals surface area contributed by atoms with Gasteiger partial charge in [0.05, 0.1) is 0 Å². The first-order valence-corrected chi connectivity index (χ1v) is 6.18. The Hall–Kier alpha value is -0.240. The first kappa shape index (κ1) is 11.3. The summed E-state index contributed by atoms with van der Waals surface area (Å²) in [6.07, 6.45) is 4.75. The minimum atomic E-state index is 0.667. The summed E-state index contributed by atoms with van der Waals surface area (Å²) in [6.45, 7) is 1.16. The first-order valence-electron chi connectivity index (χ1n) is 5.43. The number of nitrogens with one attached hydrogen (secondary N) is 1. The number of halogens is 2. The van der Waals surface area contributed by atoms with Crippen molar-refractivity contribution in [2.75, 3.05) is 6.54 Å². The summed E-state index contributed by atoms with van der Waals surface area (Å²) in [5.74, 6) is 0. The first-order chi connectivity index (χ1) is 7.25. The van der Waals surface area contributed by atoms with Crippen LogP contribution in [0.25, 0.3) is 0 Å². The van der Waals surface area contributed by atoms with Gasteiger partial charge in [0, 0.05) is 16.1 Å². The molecule has 0 aliphatic carbocycles. The van der Waals surface area contributed by atoms with Crippen LogP contribution in [0.5, 0.6) is 0 Å². The molecular formula is C12H15Cl2N. The normalized spacial score (nSPS) is 20.8. The van der Waals surface area contributed by atoms with Crippen molar-refractivity contribution in [3.63, 3.8) is 0 Å². The molecule has 0 aromatic heterocycles. The molecule has 1 fully saturated rings. The predicted molar refractivity (Wildman–Crippen MR) is 65.8 cm³/mol. The molecule has 15 heavy (non-hydrogen) atoms. The molecular weight excluding hydrogens is 229 g/mol. The lowest BCUT2D eigenvalue weighted by atomic mass is 10.0. The van der Waals surface area contributed by atoms with Crippen molar-refractivity contribution in [2.45, 2.75) is 31.7 Å². The van der Waals surface area contributed by atoms with Gasteiger partial charge in [-0.25, -0.2) is 0 Å². The standard InChI is InChI=1S/C12H15Cl2N/c13-10-4-6-12(14)9(8-10)3-5-11-2-1-7-15-11/h4,6,8,11,15H,1-3,5,7H2. The second-order valence-electron chi connectivity index (χ2n) is 4.07. The number of rotatable bonds is 3. The Morgan fingerprint density at radius 2 is 2.20 bits per heavy atom. The fourth-order valence-corrected chi connectivity index (χ4v) is 2.47. The van der Waals surface area contributed by atoms with Gasteiger partial charge in [-0.1, -0.05) is 23.2 Å². The summed E-state index contributed by atoms with van der Waals surface area (Å²) in [7, 11) is 0. The number of aryl methyl sites for hydroxylation is 1. The van der Waals surface area contributed by atoms with Crippen LogP contribution in [0.4, 0.5) is 0 Å². The molecule has 82 valence electrons. The highest BCUT2D eigenvalue weighted by molar-refractivity contribution is 6.33. The molecule has 1 saturated heterocycles. The zero-order chi connectivity index (χ0) is 10.7. The molecule has 1 aliphatic heterocycles. The average molecular weight is 244 g/mol. The molecule has 0 spiro atoms. The summed E-state index contributed by atoms with van der Waals surface area (Å²) in [5, 5.41) is 5.09. The van der Waals surface area contributed by atoms with E-state index in [1.54, 1.807) is 0 Å². The van der Waals surface area contributed by atoms with Crippen molar-refractivity contribution in [1.29, 1.82) is 0 Å². The van der Waals surface area contributed by atoms with Crippen LogP contribution in [0.3, 0.4) is 0 Å². The Morgan fingerprint density at radius 1 is 1.33 bits per heavy atom. The van der Waals surface area contributed by atoms with Crippen molar-refractivity contribution in [3.8, 4) is 0 Å². The highest BCUT2D eigenvalue weighted by Crippen LogP contribution is 2.23. The largest absolute Gasteiger partial charge is 0.314 e. The zero-order valence-corrected chi connectivity index (χ0v) is 10.1. The predicted octanol–water partition coefficient (Wildman–Crippen LogP) is 3.68. The van der Waals surface area contributed by atoms with Crippen molar-refractivity contribution >= 4 is 23.2 Å². The van der Waals surface area contributed by atoms with Gasteiger partial charge in [-0.05, 0) is 56.0 Å². The fraction of sp³-hybridized carbons (Fsp3) is 0.500. The molecule has 1 heterocycles. The van der Waals surface area contributed by atoms with E-state index in [0.717, 1.165) is 35.0 Å². The molecule has 0 amide bonds. The van der Waals surface area contributed by atoms with Crippen molar-refractivity contribution in [1.82, 2.24) is 5.32 Å². The quantitative estimate of drug-likeness (QED) is 0.855. The third-order valence-corrected chi connectivity index (χ3v) is 3.54. The Kier molecular flexibility index (Phi) is 3.90. The van der Waals surface area contributed by atoms with E-state index in [-0.39, 0.29) is 0 Å². The third kappa shape index (κ3) is 3.10. The van der Waals surface area contributed by atoms with E-state index in [1.165, 1.54) is 12.8 Å². The molecule has 0 saturated carbocycles. The van der Waals surface area contributed by atoms with Gasteiger partial charge >= 0.3 is 0 Å². The monoisotopic (exact) mass is 243 g/mol. The van der Waals surface area contributed by atoms with Gasteiger partial charge < -0.3 is 5.32 Å². The van der Waals surface area contributed by atoms with Crippen LogP contribution in [-0.4, -0.2) is 12.6 Å². The maximum atomic E-state index is 6.10.